The summed E-state index contributed by atoms with van der Waals surface area (Å²) >= 11 is 0. The van der Waals surface area contributed by atoms with Gasteiger partial charge in [-0.1, -0.05) is 54.6 Å². The molecule has 9 nitrogen and oxygen atoms in total. The number of ketones is 1. The molecule has 4 atom stereocenters. The van der Waals surface area contributed by atoms with Crippen molar-refractivity contribution in [3.63, 3.8) is 0 Å². The average Bonchev–Trinajstić information content (AvgIpc) is 3.24. The lowest BCUT2D eigenvalue weighted by Gasteiger charge is -2.34. The summed E-state index contributed by atoms with van der Waals surface area (Å²) in [5.74, 6) is -1.16. The Kier molecular flexibility index (Phi) is 5.75. The molecule has 182 valence electrons. The Hall–Kier alpha value is -4.53. The van der Waals surface area contributed by atoms with Crippen molar-refractivity contribution in [1.29, 1.82) is 0 Å². The maximum absolute atomic E-state index is 14.1. The first-order valence-electron chi connectivity index (χ1n) is 11.5. The highest BCUT2D eigenvalue weighted by atomic mass is 16.6. The Morgan fingerprint density at radius 3 is 2.33 bits per heavy atom. The highest BCUT2D eigenvalue weighted by Crippen LogP contribution is 2.47. The molecule has 2 heterocycles. The molecule has 0 bridgehead atoms. The number of fused-ring (bicyclic) bond motifs is 3. The molecule has 9 heteroatoms. The molecule has 0 saturated carbocycles. The van der Waals surface area contributed by atoms with Crippen LogP contribution in [0.25, 0.3) is 6.08 Å². The number of rotatable bonds is 6. The van der Waals surface area contributed by atoms with Gasteiger partial charge >= 0.3 is 0 Å². The summed E-state index contributed by atoms with van der Waals surface area (Å²) < 4.78 is 0. The molecule has 2 aliphatic rings. The van der Waals surface area contributed by atoms with E-state index in [1.54, 1.807) is 6.08 Å². The third-order valence-corrected chi connectivity index (χ3v) is 7.01. The first-order valence-corrected chi connectivity index (χ1v) is 11.5. The van der Waals surface area contributed by atoms with Crippen LogP contribution in [-0.2, 0) is 0 Å². The molecule has 0 spiro atoms. The Labute approximate surface area is 207 Å². The van der Waals surface area contributed by atoms with E-state index in [2.05, 4.69) is 0 Å². The van der Waals surface area contributed by atoms with Crippen LogP contribution in [0.1, 0.15) is 27.4 Å². The lowest BCUT2D eigenvalue weighted by molar-refractivity contribution is -0.524. The predicted octanol–water partition coefficient (Wildman–Crippen LogP) is 4.56. The first-order chi connectivity index (χ1) is 17.3. The van der Waals surface area contributed by atoms with E-state index in [0.29, 0.717) is 5.56 Å². The number of carbonyl (C=O) groups excluding carboxylic acids is 1. The van der Waals surface area contributed by atoms with Gasteiger partial charge < -0.3 is 9.80 Å². The number of para-hydroxylation sites is 1. The lowest BCUT2D eigenvalue weighted by atomic mass is 9.83. The zero-order valence-electron chi connectivity index (χ0n) is 19.7. The van der Waals surface area contributed by atoms with Crippen LogP contribution < -0.4 is 9.80 Å². The molecule has 1 saturated heterocycles. The summed E-state index contributed by atoms with van der Waals surface area (Å²) in [5, 5.41) is 23.9. The zero-order valence-corrected chi connectivity index (χ0v) is 19.7. The Morgan fingerprint density at radius 2 is 1.67 bits per heavy atom. The van der Waals surface area contributed by atoms with E-state index in [9.17, 15) is 25.0 Å². The van der Waals surface area contributed by atoms with Gasteiger partial charge in [0.05, 0.1) is 10.8 Å². The van der Waals surface area contributed by atoms with Crippen LogP contribution in [0.3, 0.4) is 0 Å². The van der Waals surface area contributed by atoms with Crippen LogP contribution in [0.15, 0.2) is 78.9 Å². The van der Waals surface area contributed by atoms with Crippen molar-refractivity contribution in [2.45, 2.75) is 24.0 Å². The van der Waals surface area contributed by atoms with Crippen LogP contribution in [0, 0.1) is 20.2 Å². The van der Waals surface area contributed by atoms with E-state index in [0.717, 1.165) is 16.9 Å². The van der Waals surface area contributed by atoms with Crippen LogP contribution >= 0.6 is 0 Å². The van der Waals surface area contributed by atoms with Gasteiger partial charge in [0.2, 0.25) is 6.04 Å². The van der Waals surface area contributed by atoms with E-state index in [4.69, 9.17) is 0 Å². The van der Waals surface area contributed by atoms with Gasteiger partial charge in [0, 0.05) is 48.1 Å². The van der Waals surface area contributed by atoms with Crippen molar-refractivity contribution in [1.82, 2.24) is 0 Å². The van der Waals surface area contributed by atoms with Gasteiger partial charge in [0.1, 0.15) is 12.1 Å². The molecule has 1 fully saturated rings. The van der Waals surface area contributed by atoms with Gasteiger partial charge in [-0.3, -0.25) is 25.0 Å². The van der Waals surface area contributed by atoms with E-state index < -0.39 is 29.0 Å². The standard InChI is InChI=1S/C27H24N4O5/c1-28(2)20-13-10-18(11-14-20)24-25(31(35)36)23-15-12-17-6-3-4-9-22(17)29(23)26(24)27(32)19-7-5-8-21(16-19)30(33)34/h3-16,23-26H,1-2H3/t23-,24+,25-,26-/m0/s1. The summed E-state index contributed by atoms with van der Waals surface area (Å²) in [6.07, 6.45) is 3.65. The van der Waals surface area contributed by atoms with E-state index in [1.165, 1.54) is 24.3 Å². The molecule has 3 aromatic carbocycles. The van der Waals surface area contributed by atoms with E-state index in [-0.39, 0.29) is 22.0 Å². The number of benzene rings is 3. The number of nitro groups is 2. The second kappa shape index (κ2) is 8.92. The summed E-state index contributed by atoms with van der Waals surface area (Å²) in [7, 11) is 3.81. The Morgan fingerprint density at radius 1 is 0.944 bits per heavy atom. The molecule has 0 unspecified atom stereocenters. The summed E-state index contributed by atoms with van der Waals surface area (Å²) in [5.41, 5.74) is 3.14. The minimum absolute atomic E-state index is 0.152. The third kappa shape index (κ3) is 3.78. The molecule has 0 amide bonds. The van der Waals surface area contributed by atoms with Gasteiger partial charge in [-0.2, -0.15) is 0 Å². The number of nitro benzene ring substituents is 1. The number of hydrogen-bond acceptors (Lipinski definition) is 7. The minimum atomic E-state index is -1.09. The molecule has 0 N–H and O–H groups in total. The number of carbonyl (C=O) groups is 1. The number of Topliss-reactive ketones (excluding diaryl/α,β-unsaturated/α-hetero) is 1. The van der Waals surface area contributed by atoms with E-state index in [1.807, 2.05) is 78.5 Å². The second-order valence-electron chi connectivity index (χ2n) is 9.22. The fourth-order valence-electron chi connectivity index (χ4n) is 5.37. The van der Waals surface area contributed by atoms with Gasteiger partial charge in [-0.25, -0.2) is 0 Å². The van der Waals surface area contributed by atoms with Crippen LogP contribution in [-0.4, -0.2) is 47.9 Å². The zero-order chi connectivity index (χ0) is 25.6. The van der Waals surface area contributed by atoms with Crippen LogP contribution in [0.4, 0.5) is 17.1 Å². The quantitative estimate of drug-likeness (QED) is 0.287. The molecule has 3 aromatic rings. The minimum Gasteiger partial charge on any atom is -0.378 e. The fraction of sp³-hybridized carbons (Fsp3) is 0.222. The maximum Gasteiger partial charge on any atom is 0.270 e. The summed E-state index contributed by atoms with van der Waals surface area (Å²) in [6, 6.07) is 17.8. The normalized spacial score (nSPS) is 22.0. The van der Waals surface area contributed by atoms with Crippen molar-refractivity contribution in [2.75, 3.05) is 23.9 Å². The SMILES string of the molecule is CN(C)c1ccc([C@@H]2[C@@H]([N+](=O)[O-])[C@@H]3C=Cc4ccccc4N3[C@@H]2C(=O)c2cccc([N+](=O)[O-])c2)cc1. The number of nitrogens with zero attached hydrogens (tertiary/aromatic N) is 4. The average molecular weight is 485 g/mol. The largest absolute Gasteiger partial charge is 0.378 e. The highest BCUT2D eigenvalue weighted by molar-refractivity contribution is 6.04. The van der Waals surface area contributed by atoms with Gasteiger partial charge in [0.25, 0.3) is 5.69 Å². The summed E-state index contributed by atoms with van der Waals surface area (Å²) in [6.45, 7) is 0. The molecule has 0 aliphatic carbocycles. The first kappa shape index (κ1) is 23.2. The van der Waals surface area contributed by atoms with Crippen molar-refractivity contribution >= 4 is 28.9 Å². The number of anilines is 2. The number of non-ortho nitro benzene ring substituents is 1. The summed E-state index contributed by atoms with van der Waals surface area (Å²) in [4.78, 5) is 40.9. The Balaban J connectivity index is 1.70. The van der Waals surface area contributed by atoms with Gasteiger partial charge in [-0.05, 0) is 29.3 Å². The topological polar surface area (TPSA) is 110 Å². The van der Waals surface area contributed by atoms with Crippen molar-refractivity contribution in [2.24, 2.45) is 0 Å². The number of hydrogen-bond donors (Lipinski definition) is 0. The molecule has 36 heavy (non-hydrogen) atoms. The lowest BCUT2D eigenvalue weighted by Crippen LogP contribution is -2.44. The van der Waals surface area contributed by atoms with E-state index >= 15 is 0 Å². The predicted molar refractivity (Wildman–Crippen MR) is 137 cm³/mol. The molecule has 0 aromatic heterocycles. The molecule has 2 aliphatic heterocycles. The third-order valence-electron chi connectivity index (χ3n) is 7.01. The second-order valence-corrected chi connectivity index (χ2v) is 9.22. The fourth-order valence-corrected chi connectivity index (χ4v) is 5.37. The van der Waals surface area contributed by atoms with Gasteiger partial charge in [0.15, 0.2) is 5.78 Å². The highest BCUT2D eigenvalue weighted by Gasteiger charge is 2.59. The molecular formula is C27H24N4O5. The van der Waals surface area contributed by atoms with Gasteiger partial charge in [-0.15, -0.1) is 0 Å². The molecule has 0 radical (unpaired) electrons. The van der Waals surface area contributed by atoms with Crippen molar-refractivity contribution < 1.29 is 14.6 Å². The van der Waals surface area contributed by atoms with Crippen LogP contribution in [0.2, 0.25) is 0 Å². The van der Waals surface area contributed by atoms with Crippen LogP contribution in [0.5, 0.6) is 0 Å². The van der Waals surface area contributed by atoms with Crippen molar-refractivity contribution in [3.8, 4) is 0 Å². The van der Waals surface area contributed by atoms with Crippen molar-refractivity contribution in [3.05, 3.63) is 116 Å². The Bertz CT molecular complexity index is 1380. The monoisotopic (exact) mass is 484 g/mol. The molecule has 5 rings (SSSR count). The maximum atomic E-state index is 14.1. The molecular weight excluding hydrogens is 460 g/mol. The smallest absolute Gasteiger partial charge is 0.270 e.